The van der Waals surface area contributed by atoms with Crippen molar-refractivity contribution in [2.45, 2.75) is 4.90 Å². The van der Waals surface area contributed by atoms with Gasteiger partial charge in [-0.05, 0) is 24.3 Å². The molecule has 1 aromatic heterocycles. The third kappa shape index (κ3) is 3.07. The molecule has 19 heavy (non-hydrogen) atoms. The topological polar surface area (TPSA) is 59.1 Å². The van der Waals surface area contributed by atoms with Crippen molar-refractivity contribution in [3.8, 4) is 0 Å². The molecule has 1 heterocycles. The van der Waals surface area contributed by atoms with Crippen LogP contribution in [0.1, 0.15) is 0 Å². The van der Waals surface area contributed by atoms with E-state index in [0.29, 0.717) is 0 Å². The van der Waals surface area contributed by atoms with Crippen LogP contribution in [0.15, 0.2) is 46.0 Å². The summed E-state index contributed by atoms with van der Waals surface area (Å²) in [5.74, 6) is -2.03. The lowest BCUT2D eigenvalue weighted by atomic mass is 10.3. The molecule has 0 aliphatic heterocycles. The standard InChI is InChI=1S/C11H7BrF2N2O2S/c12-7-4-9(13)11(10(14)5-7)16-19(17,18)8-2-1-3-15-6-8/h1-6,16H. The first-order valence-electron chi connectivity index (χ1n) is 4.97. The second-order valence-corrected chi connectivity index (χ2v) is 6.14. The lowest BCUT2D eigenvalue weighted by Gasteiger charge is -2.09. The van der Waals surface area contributed by atoms with Crippen molar-refractivity contribution in [3.63, 3.8) is 0 Å². The SMILES string of the molecule is O=S(=O)(Nc1c(F)cc(Br)cc1F)c1cccnc1. The molecule has 0 bridgehead atoms. The highest BCUT2D eigenvalue weighted by Crippen LogP contribution is 2.25. The van der Waals surface area contributed by atoms with Crippen molar-refractivity contribution in [3.05, 3.63) is 52.8 Å². The van der Waals surface area contributed by atoms with Gasteiger partial charge in [-0.1, -0.05) is 15.9 Å². The molecule has 0 atom stereocenters. The molecule has 1 aromatic carbocycles. The van der Waals surface area contributed by atoms with Crippen LogP contribution in [-0.4, -0.2) is 13.4 Å². The number of nitrogens with zero attached hydrogens (tertiary/aromatic N) is 1. The second kappa shape index (κ2) is 5.22. The van der Waals surface area contributed by atoms with Crippen molar-refractivity contribution in [1.29, 1.82) is 0 Å². The Morgan fingerprint density at radius 2 is 1.84 bits per heavy atom. The summed E-state index contributed by atoms with van der Waals surface area (Å²) in [5.41, 5.74) is -0.730. The van der Waals surface area contributed by atoms with Gasteiger partial charge in [0.2, 0.25) is 0 Å². The van der Waals surface area contributed by atoms with Crippen LogP contribution >= 0.6 is 15.9 Å². The molecule has 0 unspecified atom stereocenters. The van der Waals surface area contributed by atoms with E-state index in [1.807, 2.05) is 4.72 Å². The van der Waals surface area contributed by atoms with Crippen LogP contribution in [0.3, 0.4) is 0 Å². The van der Waals surface area contributed by atoms with E-state index in [9.17, 15) is 17.2 Å². The first kappa shape index (κ1) is 13.9. The number of nitrogens with one attached hydrogen (secondary N) is 1. The highest BCUT2D eigenvalue weighted by molar-refractivity contribution is 9.10. The van der Waals surface area contributed by atoms with Crippen LogP contribution in [-0.2, 0) is 10.0 Å². The van der Waals surface area contributed by atoms with Gasteiger partial charge in [0, 0.05) is 16.9 Å². The molecule has 0 radical (unpaired) electrons. The molecule has 0 spiro atoms. The zero-order valence-electron chi connectivity index (χ0n) is 9.27. The number of benzene rings is 1. The van der Waals surface area contributed by atoms with Gasteiger partial charge < -0.3 is 0 Å². The molecule has 100 valence electrons. The van der Waals surface area contributed by atoms with Crippen LogP contribution in [0.4, 0.5) is 14.5 Å². The number of anilines is 1. The van der Waals surface area contributed by atoms with Gasteiger partial charge in [-0.25, -0.2) is 17.2 Å². The first-order chi connectivity index (χ1) is 8.90. The smallest absolute Gasteiger partial charge is 0.263 e. The number of aromatic nitrogens is 1. The Hall–Kier alpha value is -1.54. The maximum absolute atomic E-state index is 13.5. The van der Waals surface area contributed by atoms with Gasteiger partial charge in [0.25, 0.3) is 10.0 Å². The van der Waals surface area contributed by atoms with Gasteiger partial charge in [0.1, 0.15) is 10.6 Å². The third-order valence-corrected chi connectivity index (χ3v) is 3.98. The summed E-state index contributed by atoms with van der Waals surface area (Å²) >= 11 is 2.90. The normalized spacial score (nSPS) is 11.3. The molecule has 2 aromatic rings. The minimum atomic E-state index is -4.08. The molecule has 0 aliphatic carbocycles. The Labute approximate surface area is 116 Å². The summed E-state index contributed by atoms with van der Waals surface area (Å²) in [6.07, 6.45) is 2.47. The van der Waals surface area contributed by atoms with Gasteiger partial charge >= 0.3 is 0 Å². The van der Waals surface area contributed by atoms with Crippen LogP contribution in [0.2, 0.25) is 0 Å². The van der Waals surface area contributed by atoms with E-state index < -0.39 is 27.3 Å². The van der Waals surface area contributed by atoms with Crippen LogP contribution in [0, 0.1) is 11.6 Å². The van der Waals surface area contributed by atoms with Crippen LogP contribution in [0.5, 0.6) is 0 Å². The number of halogens is 3. The van der Waals surface area contributed by atoms with Gasteiger partial charge in [0.05, 0.1) is 0 Å². The number of hydrogen-bond donors (Lipinski definition) is 1. The maximum atomic E-state index is 13.5. The van der Waals surface area contributed by atoms with Gasteiger partial charge in [-0.15, -0.1) is 0 Å². The fourth-order valence-corrected chi connectivity index (χ4v) is 2.78. The molecule has 2 rings (SSSR count). The Balaban J connectivity index is 2.42. The van der Waals surface area contributed by atoms with E-state index in [1.165, 1.54) is 18.3 Å². The van der Waals surface area contributed by atoms with Crippen molar-refractivity contribution in [1.82, 2.24) is 4.98 Å². The Morgan fingerprint density at radius 1 is 1.21 bits per heavy atom. The largest absolute Gasteiger partial charge is 0.274 e. The van der Waals surface area contributed by atoms with Crippen molar-refractivity contribution < 1.29 is 17.2 Å². The van der Waals surface area contributed by atoms with Crippen molar-refractivity contribution in [2.24, 2.45) is 0 Å². The fraction of sp³-hybridized carbons (Fsp3) is 0. The number of pyridine rings is 1. The predicted octanol–water partition coefficient (Wildman–Crippen LogP) is 2.92. The quantitative estimate of drug-likeness (QED) is 0.927. The molecule has 8 heteroatoms. The van der Waals surface area contributed by atoms with Crippen LogP contribution in [0.25, 0.3) is 0 Å². The highest BCUT2D eigenvalue weighted by atomic mass is 79.9. The summed E-state index contributed by atoms with van der Waals surface area (Å²) < 4.78 is 52.9. The molecule has 0 aliphatic rings. The average molecular weight is 349 g/mol. The Morgan fingerprint density at radius 3 is 2.37 bits per heavy atom. The molecular formula is C11H7BrF2N2O2S. The van der Waals surface area contributed by atoms with Crippen molar-refractivity contribution in [2.75, 3.05) is 4.72 Å². The molecule has 0 fully saturated rings. The third-order valence-electron chi connectivity index (χ3n) is 2.19. The summed E-state index contributed by atoms with van der Waals surface area (Å²) in [4.78, 5) is 3.45. The van der Waals surface area contributed by atoms with E-state index in [0.717, 1.165) is 18.3 Å². The predicted molar refractivity (Wildman–Crippen MR) is 69.1 cm³/mol. The number of hydrogen-bond acceptors (Lipinski definition) is 3. The molecule has 0 amide bonds. The molecule has 0 saturated heterocycles. The Bertz CT molecular complexity index is 685. The van der Waals surface area contributed by atoms with E-state index in [-0.39, 0.29) is 9.37 Å². The maximum Gasteiger partial charge on any atom is 0.263 e. The minimum absolute atomic E-state index is 0.173. The summed E-state index contributed by atoms with van der Waals surface area (Å²) in [6.45, 7) is 0. The van der Waals surface area contributed by atoms with E-state index >= 15 is 0 Å². The monoisotopic (exact) mass is 348 g/mol. The van der Waals surface area contributed by atoms with Crippen LogP contribution < -0.4 is 4.72 Å². The lowest BCUT2D eigenvalue weighted by Crippen LogP contribution is -2.15. The lowest BCUT2D eigenvalue weighted by molar-refractivity contribution is 0.581. The minimum Gasteiger partial charge on any atom is -0.274 e. The molecule has 0 saturated carbocycles. The number of sulfonamides is 1. The van der Waals surface area contributed by atoms with Gasteiger partial charge in [-0.2, -0.15) is 0 Å². The average Bonchev–Trinajstić information content (AvgIpc) is 2.35. The molecular weight excluding hydrogens is 342 g/mol. The second-order valence-electron chi connectivity index (χ2n) is 3.54. The van der Waals surface area contributed by atoms with E-state index in [4.69, 9.17) is 0 Å². The van der Waals surface area contributed by atoms with Gasteiger partial charge in [0.15, 0.2) is 11.6 Å². The zero-order chi connectivity index (χ0) is 14.0. The summed E-state index contributed by atoms with van der Waals surface area (Å²) in [7, 11) is -4.08. The fourth-order valence-electron chi connectivity index (χ4n) is 1.34. The summed E-state index contributed by atoms with van der Waals surface area (Å²) in [5, 5.41) is 0. The zero-order valence-corrected chi connectivity index (χ0v) is 11.7. The Kier molecular flexibility index (Phi) is 3.81. The van der Waals surface area contributed by atoms with E-state index in [2.05, 4.69) is 20.9 Å². The van der Waals surface area contributed by atoms with E-state index in [1.54, 1.807) is 0 Å². The molecule has 4 nitrogen and oxygen atoms in total. The highest BCUT2D eigenvalue weighted by Gasteiger charge is 2.19. The van der Waals surface area contributed by atoms with Crippen molar-refractivity contribution >= 4 is 31.6 Å². The van der Waals surface area contributed by atoms with Gasteiger partial charge in [-0.3, -0.25) is 9.71 Å². The molecule has 1 N–H and O–H groups in total. The summed E-state index contributed by atoms with van der Waals surface area (Å²) in [6, 6.07) is 4.60. The first-order valence-corrected chi connectivity index (χ1v) is 7.25. The number of rotatable bonds is 3.